The summed E-state index contributed by atoms with van der Waals surface area (Å²) >= 11 is 0. The molecule has 0 bridgehead atoms. The van der Waals surface area contributed by atoms with E-state index in [1.165, 1.54) is 22.5 Å². The van der Waals surface area contributed by atoms with E-state index in [-0.39, 0.29) is 28.8 Å². The van der Waals surface area contributed by atoms with Crippen LogP contribution in [0.4, 0.5) is 17.3 Å². The van der Waals surface area contributed by atoms with E-state index >= 15 is 0 Å². The number of hydrogen-bond acceptors (Lipinski definition) is 9. The van der Waals surface area contributed by atoms with Crippen LogP contribution in [0.1, 0.15) is 24.4 Å². The van der Waals surface area contributed by atoms with Crippen LogP contribution in [-0.2, 0) is 16.6 Å². The number of nitrogens with zero attached hydrogens (tertiary/aromatic N) is 3. The quantitative estimate of drug-likeness (QED) is 0.322. The van der Waals surface area contributed by atoms with Crippen molar-refractivity contribution in [2.75, 3.05) is 23.7 Å². The van der Waals surface area contributed by atoms with Crippen LogP contribution in [0, 0.1) is 6.92 Å². The van der Waals surface area contributed by atoms with Gasteiger partial charge in [0.15, 0.2) is 5.75 Å². The number of phenolic OH excluding ortho intramolecular Hbond substituents is 1. The second kappa shape index (κ2) is 7.88. The van der Waals surface area contributed by atoms with Gasteiger partial charge in [-0.25, -0.2) is 8.42 Å². The monoisotopic (exact) mass is 436 g/mol. The van der Waals surface area contributed by atoms with Crippen molar-refractivity contribution in [3.63, 3.8) is 0 Å². The van der Waals surface area contributed by atoms with Crippen LogP contribution in [0.3, 0.4) is 0 Å². The Morgan fingerprint density at radius 3 is 2.70 bits per heavy atom. The molecule has 0 saturated carbocycles. The van der Waals surface area contributed by atoms with Crippen molar-refractivity contribution in [3.8, 4) is 5.75 Å². The summed E-state index contributed by atoms with van der Waals surface area (Å²) in [5.74, 6) is 1.05. The zero-order valence-corrected chi connectivity index (χ0v) is 17.0. The van der Waals surface area contributed by atoms with E-state index in [2.05, 4.69) is 15.8 Å². The lowest BCUT2D eigenvalue weighted by atomic mass is 10.3. The third-order valence-electron chi connectivity index (χ3n) is 4.79. The van der Waals surface area contributed by atoms with Gasteiger partial charge in [0.05, 0.1) is 6.54 Å². The smallest absolute Gasteiger partial charge is 0.370 e. The van der Waals surface area contributed by atoms with Gasteiger partial charge >= 0.3 is 11.6 Å². The van der Waals surface area contributed by atoms with Crippen molar-refractivity contribution in [2.45, 2.75) is 31.2 Å². The fourth-order valence-corrected chi connectivity index (χ4v) is 4.88. The molecule has 0 unspecified atom stereocenters. The van der Waals surface area contributed by atoms with Gasteiger partial charge in [-0.15, -0.1) is 0 Å². The first-order valence-electron chi connectivity index (χ1n) is 9.36. The zero-order chi connectivity index (χ0) is 21.3. The molecule has 4 rings (SSSR count). The maximum Gasteiger partial charge on any atom is 0.370 e. The molecular weight excluding hydrogens is 414 g/mol. The van der Waals surface area contributed by atoms with Gasteiger partial charge in [-0.2, -0.15) is 4.31 Å². The molecule has 3 aromatic rings. The predicted molar refractivity (Wildman–Crippen MR) is 104 cm³/mol. The Bertz CT molecular complexity index is 1150. The van der Waals surface area contributed by atoms with Gasteiger partial charge in [-0.3, -0.25) is 5.32 Å². The van der Waals surface area contributed by atoms with Gasteiger partial charge in [0.25, 0.3) is 0 Å². The first-order valence-corrected chi connectivity index (χ1v) is 10.8. The van der Waals surface area contributed by atoms with Crippen LogP contribution in [0.5, 0.6) is 5.75 Å². The number of rotatable bonds is 7. The van der Waals surface area contributed by atoms with E-state index in [9.17, 15) is 18.7 Å². The number of para-hydroxylation sites is 1. The molecule has 2 aromatic heterocycles. The van der Waals surface area contributed by atoms with Crippen molar-refractivity contribution in [2.24, 2.45) is 0 Å². The topological polar surface area (TPSA) is 145 Å². The number of hydrogen-bond donors (Lipinski definition) is 4. The molecule has 0 amide bonds. The lowest BCUT2D eigenvalue weighted by Gasteiger charge is -2.17. The number of aromatic nitrogens is 2. The Labute approximate surface area is 172 Å². The molecule has 1 aliphatic rings. The molecule has 1 aromatic carbocycles. The molecule has 160 valence electrons. The molecule has 3 heterocycles. The minimum Gasteiger partial charge on any atom is -0.503 e. The van der Waals surface area contributed by atoms with E-state index in [1.807, 2.05) is 13.0 Å². The lowest BCUT2D eigenvalue weighted by molar-refractivity contribution is -1.03. The summed E-state index contributed by atoms with van der Waals surface area (Å²) in [5.41, 5.74) is 0.0677. The minimum absolute atomic E-state index is 0.0238. The molecule has 1 aliphatic heterocycles. The minimum atomic E-state index is -3.83. The van der Waals surface area contributed by atoms with Gasteiger partial charge in [-0.05, 0) is 44.0 Å². The Kier molecular flexibility index (Phi) is 5.26. The van der Waals surface area contributed by atoms with Crippen LogP contribution in [-0.4, -0.2) is 41.3 Å². The van der Waals surface area contributed by atoms with Gasteiger partial charge in [0, 0.05) is 13.1 Å². The number of aromatic hydroxyl groups is 1. The highest BCUT2D eigenvalue weighted by molar-refractivity contribution is 7.89. The van der Waals surface area contributed by atoms with Gasteiger partial charge < -0.3 is 20.0 Å². The molecule has 12 heteroatoms. The average molecular weight is 436 g/mol. The molecule has 0 atom stereocenters. The second-order valence-electron chi connectivity index (χ2n) is 6.90. The first-order chi connectivity index (χ1) is 14.4. The number of phenols is 1. The largest absolute Gasteiger partial charge is 0.503 e. The molecule has 30 heavy (non-hydrogen) atoms. The van der Waals surface area contributed by atoms with E-state index in [4.69, 9.17) is 9.05 Å². The Balaban J connectivity index is 1.58. The Hall–Kier alpha value is -3.25. The maximum atomic E-state index is 12.8. The van der Waals surface area contributed by atoms with Crippen LogP contribution in [0.2, 0.25) is 0 Å². The summed E-state index contributed by atoms with van der Waals surface area (Å²) in [6.45, 7) is 2.93. The average Bonchev–Trinajstić information content (AvgIpc) is 3.45. The molecule has 0 radical (unpaired) electrons. The highest BCUT2D eigenvalue weighted by atomic mass is 32.2. The highest BCUT2D eigenvalue weighted by Crippen LogP contribution is 2.36. The van der Waals surface area contributed by atoms with E-state index in [1.54, 1.807) is 6.07 Å². The summed E-state index contributed by atoms with van der Waals surface area (Å²) < 4.78 is 37.2. The van der Waals surface area contributed by atoms with Crippen molar-refractivity contribution in [3.05, 3.63) is 41.9 Å². The predicted octanol–water partition coefficient (Wildman–Crippen LogP) is 1.95. The summed E-state index contributed by atoms with van der Waals surface area (Å²) in [4.78, 5) is 0.160. The van der Waals surface area contributed by atoms with Gasteiger partial charge in [-0.1, -0.05) is 10.7 Å². The van der Waals surface area contributed by atoms with Crippen molar-refractivity contribution >= 4 is 27.3 Å². The molecule has 1 saturated heterocycles. The number of furan rings is 1. The van der Waals surface area contributed by atoms with Crippen LogP contribution in [0.25, 0.3) is 0 Å². The first kappa shape index (κ1) is 20.0. The zero-order valence-electron chi connectivity index (χ0n) is 16.2. The van der Waals surface area contributed by atoms with Crippen LogP contribution >= 0.6 is 0 Å². The van der Waals surface area contributed by atoms with E-state index < -0.39 is 15.8 Å². The third-order valence-corrected chi connectivity index (χ3v) is 6.72. The standard InChI is InChI=1S/C18H21N5O6S/c1-12-7-8-13(28-12)11-19-17-18(23(25)29-21-17)20-14-5-4-6-15(16(14)24)30(26,27)22-9-2-3-10-22/h4-8,25H,2-3,9-11H2,1H3,(H2,19,21,24)/p+1. The third kappa shape index (κ3) is 3.78. The fraction of sp³-hybridized carbons (Fsp3) is 0.333. The Morgan fingerprint density at radius 2 is 2.00 bits per heavy atom. The van der Waals surface area contributed by atoms with Gasteiger partial charge in [0.2, 0.25) is 10.0 Å². The van der Waals surface area contributed by atoms with E-state index in [0.717, 1.165) is 18.6 Å². The molecule has 4 N–H and O–H groups in total. The molecule has 0 spiro atoms. The number of sulfonamides is 1. The Morgan fingerprint density at radius 1 is 1.23 bits per heavy atom. The SMILES string of the molecule is Cc1ccc(CNc2no[n+](O)c2Nc2cccc(S(=O)(=O)N3CCCC3)c2O)o1. The summed E-state index contributed by atoms with van der Waals surface area (Å²) in [7, 11) is -3.83. The molecule has 11 nitrogen and oxygen atoms in total. The fourth-order valence-electron chi connectivity index (χ4n) is 3.25. The number of benzene rings is 1. The van der Waals surface area contributed by atoms with Crippen LogP contribution < -0.4 is 15.5 Å². The summed E-state index contributed by atoms with van der Waals surface area (Å²) in [5, 5.41) is 30.0. The van der Waals surface area contributed by atoms with E-state index in [0.29, 0.717) is 23.8 Å². The second-order valence-corrected chi connectivity index (χ2v) is 8.80. The van der Waals surface area contributed by atoms with Gasteiger partial charge in [0.1, 0.15) is 32.2 Å². The number of anilines is 3. The number of aryl methyl sites for hydroxylation is 1. The van der Waals surface area contributed by atoms with Crippen LogP contribution in [0.15, 0.2) is 44.3 Å². The number of nitrogens with one attached hydrogen (secondary N) is 2. The van der Waals surface area contributed by atoms with Crippen molar-refractivity contribution in [1.29, 1.82) is 0 Å². The molecular formula is C18H22N5O6S+. The summed E-state index contributed by atoms with van der Waals surface area (Å²) in [6.07, 6.45) is 1.57. The van der Waals surface area contributed by atoms with Crippen molar-refractivity contribution < 1.29 is 32.7 Å². The maximum absolute atomic E-state index is 12.8. The molecule has 1 fully saturated rings. The lowest BCUT2D eigenvalue weighted by Crippen LogP contribution is -2.30. The normalized spacial score (nSPS) is 14.8. The summed E-state index contributed by atoms with van der Waals surface area (Å²) in [6, 6.07) is 7.92. The highest BCUT2D eigenvalue weighted by Gasteiger charge is 2.32. The van der Waals surface area contributed by atoms with Crippen molar-refractivity contribution in [1.82, 2.24) is 9.46 Å². The molecule has 0 aliphatic carbocycles.